The number of carbonyl (C=O) groups is 1. The second-order valence-corrected chi connectivity index (χ2v) is 5.88. The quantitative estimate of drug-likeness (QED) is 0.808. The molecule has 2 aromatic carbocycles. The van der Waals surface area contributed by atoms with Crippen molar-refractivity contribution in [2.75, 3.05) is 7.11 Å². The molecule has 0 aromatic heterocycles. The minimum atomic E-state index is -0.583. The summed E-state index contributed by atoms with van der Waals surface area (Å²) < 4.78 is 11.1. The van der Waals surface area contributed by atoms with Crippen molar-refractivity contribution >= 4 is 17.5 Å². The highest BCUT2D eigenvalue weighted by atomic mass is 35.5. The molecule has 128 valence electrons. The second kappa shape index (κ2) is 8.60. The molecule has 2 aromatic rings. The van der Waals surface area contributed by atoms with Gasteiger partial charge in [0.2, 0.25) is 0 Å². The smallest absolute Gasteiger partial charge is 0.261 e. The average Bonchev–Trinajstić information content (AvgIpc) is 2.59. The molecular weight excluding hydrogens is 326 g/mol. The molecule has 0 saturated carbocycles. The van der Waals surface area contributed by atoms with Gasteiger partial charge in [-0.2, -0.15) is 0 Å². The first kappa shape index (κ1) is 18.1. The van der Waals surface area contributed by atoms with Gasteiger partial charge >= 0.3 is 0 Å². The van der Waals surface area contributed by atoms with E-state index in [1.165, 1.54) is 0 Å². The monoisotopic (exact) mass is 347 g/mol. The molecule has 0 aliphatic carbocycles. The molecule has 0 aliphatic heterocycles. The van der Waals surface area contributed by atoms with E-state index in [0.717, 1.165) is 11.3 Å². The summed E-state index contributed by atoms with van der Waals surface area (Å²) >= 11 is 5.95. The summed E-state index contributed by atoms with van der Waals surface area (Å²) in [7, 11) is 1.62. The molecule has 0 spiro atoms. The van der Waals surface area contributed by atoms with Crippen LogP contribution in [0.5, 0.6) is 11.5 Å². The Morgan fingerprint density at radius 2 is 1.96 bits per heavy atom. The Labute approximate surface area is 147 Å². The number of benzene rings is 2. The van der Waals surface area contributed by atoms with E-state index >= 15 is 0 Å². The molecule has 0 aliphatic rings. The van der Waals surface area contributed by atoms with Crippen molar-refractivity contribution in [3.05, 3.63) is 59.1 Å². The number of methoxy groups -OCH3 is 1. The van der Waals surface area contributed by atoms with Crippen molar-refractivity contribution in [1.29, 1.82) is 0 Å². The Bertz CT molecular complexity index is 690. The van der Waals surface area contributed by atoms with Crippen LogP contribution >= 0.6 is 11.6 Å². The van der Waals surface area contributed by atoms with Gasteiger partial charge in [0.1, 0.15) is 11.5 Å². The molecule has 0 bridgehead atoms. The van der Waals surface area contributed by atoms with E-state index in [2.05, 4.69) is 5.32 Å². The Hall–Kier alpha value is -2.20. The molecule has 0 saturated heterocycles. The van der Waals surface area contributed by atoms with Crippen molar-refractivity contribution in [2.24, 2.45) is 0 Å². The highest BCUT2D eigenvalue weighted by Gasteiger charge is 2.22. The van der Waals surface area contributed by atoms with Crippen molar-refractivity contribution in [1.82, 2.24) is 5.32 Å². The SMILES string of the molecule is CCC(Oc1cccc(Cl)c1)C(=O)NC(C)c1ccccc1OC. The molecular formula is C19H22ClNO3. The average molecular weight is 348 g/mol. The summed E-state index contributed by atoms with van der Waals surface area (Å²) in [6.07, 6.45) is -0.0302. The zero-order chi connectivity index (χ0) is 17.5. The van der Waals surface area contributed by atoms with Gasteiger partial charge in [-0.15, -0.1) is 0 Å². The Balaban J connectivity index is 2.06. The van der Waals surface area contributed by atoms with Gasteiger partial charge in [0.25, 0.3) is 5.91 Å². The molecule has 1 amide bonds. The van der Waals surface area contributed by atoms with Gasteiger partial charge in [-0.3, -0.25) is 4.79 Å². The highest BCUT2D eigenvalue weighted by Crippen LogP contribution is 2.25. The van der Waals surface area contributed by atoms with E-state index in [0.29, 0.717) is 17.2 Å². The molecule has 5 heteroatoms. The van der Waals surface area contributed by atoms with Crippen LogP contribution in [-0.4, -0.2) is 19.1 Å². The van der Waals surface area contributed by atoms with Crippen LogP contribution in [0.2, 0.25) is 5.02 Å². The third kappa shape index (κ3) is 4.65. The molecule has 0 radical (unpaired) electrons. The second-order valence-electron chi connectivity index (χ2n) is 5.44. The number of rotatable bonds is 7. The maximum atomic E-state index is 12.5. The largest absolute Gasteiger partial charge is 0.496 e. The molecule has 4 nitrogen and oxygen atoms in total. The molecule has 0 fully saturated rings. The van der Waals surface area contributed by atoms with E-state index in [9.17, 15) is 4.79 Å². The zero-order valence-electron chi connectivity index (χ0n) is 14.1. The lowest BCUT2D eigenvalue weighted by Gasteiger charge is -2.22. The van der Waals surface area contributed by atoms with Gasteiger partial charge < -0.3 is 14.8 Å². The summed E-state index contributed by atoms with van der Waals surface area (Å²) in [5, 5.41) is 3.55. The number of para-hydroxylation sites is 1. The van der Waals surface area contributed by atoms with Gasteiger partial charge in [-0.25, -0.2) is 0 Å². The van der Waals surface area contributed by atoms with E-state index in [1.54, 1.807) is 31.4 Å². The fourth-order valence-electron chi connectivity index (χ4n) is 2.44. The minimum Gasteiger partial charge on any atom is -0.496 e. The van der Waals surface area contributed by atoms with Gasteiger partial charge in [0.15, 0.2) is 6.10 Å². The van der Waals surface area contributed by atoms with Crippen LogP contribution in [0.25, 0.3) is 0 Å². The predicted molar refractivity (Wildman–Crippen MR) is 95.7 cm³/mol. The predicted octanol–water partition coefficient (Wildman–Crippen LogP) is 4.38. The normalized spacial score (nSPS) is 13.0. The number of hydrogen-bond donors (Lipinski definition) is 1. The Morgan fingerprint density at radius 3 is 2.62 bits per heavy atom. The molecule has 2 atom stereocenters. The lowest BCUT2D eigenvalue weighted by molar-refractivity contribution is -0.128. The van der Waals surface area contributed by atoms with Crippen LogP contribution in [-0.2, 0) is 4.79 Å². The molecule has 24 heavy (non-hydrogen) atoms. The Morgan fingerprint density at radius 1 is 1.21 bits per heavy atom. The zero-order valence-corrected chi connectivity index (χ0v) is 14.8. The first-order valence-corrected chi connectivity index (χ1v) is 8.28. The van der Waals surface area contributed by atoms with Gasteiger partial charge in [0, 0.05) is 10.6 Å². The lowest BCUT2D eigenvalue weighted by atomic mass is 10.1. The lowest BCUT2D eigenvalue weighted by Crippen LogP contribution is -2.39. The molecule has 0 heterocycles. The van der Waals surface area contributed by atoms with Crippen molar-refractivity contribution < 1.29 is 14.3 Å². The van der Waals surface area contributed by atoms with Gasteiger partial charge in [-0.1, -0.05) is 42.8 Å². The standard InChI is InChI=1S/C19H22ClNO3/c1-4-17(24-15-9-7-8-14(20)12-15)19(22)21-13(2)16-10-5-6-11-18(16)23-3/h5-13,17H,4H2,1-3H3,(H,21,22). The van der Waals surface area contributed by atoms with Crippen molar-refractivity contribution in [2.45, 2.75) is 32.4 Å². The molecule has 2 rings (SSSR count). The van der Waals surface area contributed by atoms with E-state index in [1.807, 2.05) is 38.1 Å². The fourth-order valence-corrected chi connectivity index (χ4v) is 2.62. The maximum Gasteiger partial charge on any atom is 0.261 e. The Kier molecular flexibility index (Phi) is 6.50. The van der Waals surface area contributed by atoms with Crippen LogP contribution < -0.4 is 14.8 Å². The van der Waals surface area contributed by atoms with E-state index in [4.69, 9.17) is 21.1 Å². The van der Waals surface area contributed by atoms with Crippen LogP contribution in [0, 0.1) is 0 Å². The van der Waals surface area contributed by atoms with Crippen LogP contribution in [0.1, 0.15) is 31.9 Å². The first-order valence-electron chi connectivity index (χ1n) is 7.90. The number of carbonyl (C=O) groups excluding carboxylic acids is 1. The van der Waals surface area contributed by atoms with E-state index in [-0.39, 0.29) is 11.9 Å². The summed E-state index contributed by atoms with van der Waals surface area (Å²) in [6, 6.07) is 14.5. The van der Waals surface area contributed by atoms with Crippen molar-refractivity contribution in [3.8, 4) is 11.5 Å². The minimum absolute atomic E-state index is 0.170. The number of hydrogen-bond acceptors (Lipinski definition) is 3. The number of nitrogens with one attached hydrogen (secondary N) is 1. The molecule has 2 unspecified atom stereocenters. The van der Waals surface area contributed by atoms with Gasteiger partial charge in [-0.05, 0) is 37.6 Å². The summed E-state index contributed by atoms with van der Waals surface area (Å²) in [4.78, 5) is 12.5. The first-order chi connectivity index (χ1) is 11.5. The third-order valence-electron chi connectivity index (χ3n) is 3.70. The summed E-state index contributed by atoms with van der Waals surface area (Å²) in [5.74, 6) is 1.15. The van der Waals surface area contributed by atoms with Crippen LogP contribution in [0.15, 0.2) is 48.5 Å². The number of ether oxygens (including phenoxy) is 2. The third-order valence-corrected chi connectivity index (χ3v) is 3.94. The van der Waals surface area contributed by atoms with Gasteiger partial charge in [0.05, 0.1) is 13.2 Å². The maximum absolute atomic E-state index is 12.5. The topological polar surface area (TPSA) is 47.6 Å². The summed E-state index contributed by atoms with van der Waals surface area (Å²) in [6.45, 7) is 3.82. The fraction of sp³-hybridized carbons (Fsp3) is 0.316. The van der Waals surface area contributed by atoms with Crippen LogP contribution in [0.3, 0.4) is 0 Å². The van der Waals surface area contributed by atoms with Crippen molar-refractivity contribution in [3.63, 3.8) is 0 Å². The number of halogens is 1. The van der Waals surface area contributed by atoms with E-state index < -0.39 is 6.10 Å². The molecule has 1 N–H and O–H groups in total. The highest BCUT2D eigenvalue weighted by molar-refractivity contribution is 6.30. The number of amides is 1. The van der Waals surface area contributed by atoms with Crippen LogP contribution in [0.4, 0.5) is 0 Å². The summed E-state index contributed by atoms with van der Waals surface area (Å²) in [5.41, 5.74) is 0.922.